The number of rotatable bonds is 0. The van der Waals surface area contributed by atoms with Crippen molar-refractivity contribution in [1.29, 1.82) is 0 Å². The minimum absolute atomic E-state index is 0.242. The van der Waals surface area contributed by atoms with Crippen molar-refractivity contribution in [2.45, 2.75) is 23.3 Å². The number of hydrogen-bond donors (Lipinski definition) is 1. The van der Waals surface area contributed by atoms with Gasteiger partial charge in [0, 0.05) is 0 Å². The Morgan fingerprint density at radius 1 is 1.43 bits per heavy atom. The molecule has 0 spiro atoms. The summed E-state index contributed by atoms with van der Waals surface area (Å²) in [5.41, 5.74) is -0.802. The van der Waals surface area contributed by atoms with Gasteiger partial charge < -0.3 is 5.11 Å². The Hall–Kier alpha value is 0.540. The summed E-state index contributed by atoms with van der Waals surface area (Å²) in [5.74, 6) is 0. The van der Waals surface area contributed by atoms with E-state index in [-0.39, 0.29) is 10.8 Å². The van der Waals surface area contributed by atoms with E-state index in [2.05, 4.69) is 0 Å². The second-order valence-electron chi connectivity index (χ2n) is 2.03. The van der Waals surface area contributed by atoms with Crippen molar-refractivity contribution >= 4 is 23.2 Å². The van der Waals surface area contributed by atoms with Gasteiger partial charge in [0.1, 0.15) is 0 Å². The topological polar surface area (TPSA) is 20.2 Å². The third-order valence-corrected chi connectivity index (χ3v) is 2.78. The molecule has 0 aromatic heterocycles. The van der Waals surface area contributed by atoms with Gasteiger partial charge in [-0.3, -0.25) is 0 Å². The third kappa shape index (κ3) is 0.638. The van der Waals surface area contributed by atoms with Crippen LogP contribution in [0.2, 0.25) is 0 Å². The summed E-state index contributed by atoms with van der Waals surface area (Å²) in [4.78, 5) is 0. The van der Waals surface area contributed by atoms with Crippen LogP contribution >= 0.6 is 23.2 Å². The predicted molar refractivity (Wildman–Crippen MR) is 29.9 cm³/mol. The number of aliphatic hydroxyl groups is 1. The zero-order valence-corrected chi connectivity index (χ0v) is 5.37. The van der Waals surface area contributed by atoms with E-state index < -0.39 is 5.60 Å². The van der Waals surface area contributed by atoms with Crippen LogP contribution in [0.3, 0.4) is 0 Å². The lowest BCUT2D eigenvalue weighted by Crippen LogP contribution is -2.04. The van der Waals surface area contributed by atoms with E-state index in [0.29, 0.717) is 0 Å². The molecular weight excluding hydrogens is 135 g/mol. The van der Waals surface area contributed by atoms with E-state index in [1.54, 1.807) is 6.92 Å². The van der Waals surface area contributed by atoms with Gasteiger partial charge in [0.2, 0.25) is 0 Å². The summed E-state index contributed by atoms with van der Waals surface area (Å²) in [5, 5.41) is 8.42. The molecule has 1 aliphatic carbocycles. The summed E-state index contributed by atoms with van der Waals surface area (Å²) >= 11 is 10.9. The van der Waals surface area contributed by atoms with Crippen molar-refractivity contribution in [2.75, 3.05) is 0 Å². The predicted octanol–water partition coefficient (Wildman–Crippen LogP) is 0.966. The van der Waals surface area contributed by atoms with Crippen molar-refractivity contribution in [3.05, 3.63) is 0 Å². The molecule has 1 N–H and O–H groups in total. The molecular formula is C4H6Cl2O. The third-order valence-electron chi connectivity index (χ3n) is 1.26. The van der Waals surface area contributed by atoms with Crippen LogP contribution < -0.4 is 0 Å². The highest BCUT2D eigenvalue weighted by Crippen LogP contribution is 2.45. The zero-order valence-electron chi connectivity index (χ0n) is 3.86. The maximum atomic E-state index is 8.91. The zero-order chi connectivity index (χ0) is 5.65. The molecule has 0 heterocycles. The summed E-state index contributed by atoms with van der Waals surface area (Å²) < 4.78 is 0. The normalized spacial score (nSPS) is 60.0. The summed E-state index contributed by atoms with van der Waals surface area (Å²) in [7, 11) is 0. The number of alkyl halides is 2. The smallest absolute Gasteiger partial charge is 0.0976 e. The van der Waals surface area contributed by atoms with Crippen molar-refractivity contribution in [1.82, 2.24) is 0 Å². The van der Waals surface area contributed by atoms with Crippen molar-refractivity contribution in [3.8, 4) is 0 Å². The minimum Gasteiger partial charge on any atom is -0.387 e. The maximum absolute atomic E-state index is 8.91. The number of halogens is 2. The van der Waals surface area contributed by atoms with E-state index in [4.69, 9.17) is 28.3 Å². The lowest BCUT2D eigenvalue weighted by Gasteiger charge is -1.91. The quantitative estimate of drug-likeness (QED) is 0.498. The Balaban J connectivity index is 2.52. The van der Waals surface area contributed by atoms with E-state index in [0.717, 1.165) is 0 Å². The average Bonchev–Trinajstić information content (AvgIpc) is 1.91. The van der Waals surface area contributed by atoms with Crippen LogP contribution in [0, 0.1) is 0 Å². The molecule has 1 fully saturated rings. The van der Waals surface area contributed by atoms with Crippen LogP contribution in [0.15, 0.2) is 0 Å². The largest absolute Gasteiger partial charge is 0.387 e. The molecule has 2 atom stereocenters. The van der Waals surface area contributed by atoms with Crippen LogP contribution in [0.25, 0.3) is 0 Å². The molecule has 0 saturated heterocycles. The summed E-state index contributed by atoms with van der Waals surface area (Å²) in [6.07, 6.45) is 0. The van der Waals surface area contributed by atoms with Crippen molar-refractivity contribution < 1.29 is 5.11 Å². The van der Waals surface area contributed by atoms with E-state index in [9.17, 15) is 0 Å². The van der Waals surface area contributed by atoms with Crippen molar-refractivity contribution in [3.63, 3.8) is 0 Å². The maximum Gasteiger partial charge on any atom is 0.0976 e. The van der Waals surface area contributed by atoms with Crippen LogP contribution in [0.4, 0.5) is 0 Å². The van der Waals surface area contributed by atoms with E-state index in [1.165, 1.54) is 0 Å². The van der Waals surface area contributed by atoms with Gasteiger partial charge in [-0.1, -0.05) is 0 Å². The Kier molecular flexibility index (Phi) is 1.03. The van der Waals surface area contributed by atoms with Crippen LogP contribution in [0.1, 0.15) is 6.92 Å². The Bertz CT molecular complexity index is 81.7. The first-order valence-electron chi connectivity index (χ1n) is 2.07. The number of hydrogen-bond acceptors (Lipinski definition) is 1. The van der Waals surface area contributed by atoms with Gasteiger partial charge >= 0.3 is 0 Å². The van der Waals surface area contributed by atoms with Gasteiger partial charge in [0.05, 0.1) is 16.4 Å². The standard InChI is InChI=1S/C4H6Cl2O/c1-4(7)2(5)3(4)6/h2-3,7H,1H3. The fourth-order valence-corrected chi connectivity index (χ4v) is 1.10. The summed E-state index contributed by atoms with van der Waals surface area (Å²) in [6, 6.07) is 0. The van der Waals surface area contributed by atoms with Gasteiger partial charge in [-0.25, -0.2) is 0 Å². The molecule has 7 heavy (non-hydrogen) atoms. The molecule has 0 aromatic rings. The SMILES string of the molecule is CC1(O)C(Cl)C1Cl. The van der Waals surface area contributed by atoms with Crippen molar-refractivity contribution in [2.24, 2.45) is 0 Å². The highest BCUT2D eigenvalue weighted by Gasteiger charge is 2.59. The Morgan fingerprint density at radius 2 is 1.57 bits per heavy atom. The molecule has 0 aliphatic heterocycles. The molecule has 42 valence electrons. The molecule has 1 rings (SSSR count). The monoisotopic (exact) mass is 140 g/mol. The first-order valence-corrected chi connectivity index (χ1v) is 2.94. The molecule has 0 radical (unpaired) electrons. The van der Waals surface area contributed by atoms with Crippen LogP contribution in [-0.4, -0.2) is 21.5 Å². The molecule has 1 aliphatic rings. The molecule has 0 aromatic carbocycles. The molecule has 1 saturated carbocycles. The minimum atomic E-state index is -0.802. The average molecular weight is 141 g/mol. The Morgan fingerprint density at radius 3 is 1.57 bits per heavy atom. The van der Waals surface area contributed by atoms with Gasteiger partial charge in [0.25, 0.3) is 0 Å². The molecule has 2 unspecified atom stereocenters. The lowest BCUT2D eigenvalue weighted by atomic mass is 10.4. The van der Waals surface area contributed by atoms with E-state index in [1.807, 2.05) is 0 Å². The highest BCUT2D eigenvalue weighted by atomic mass is 35.5. The molecule has 0 amide bonds. The highest BCUT2D eigenvalue weighted by molar-refractivity contribution is 6.36. The van der Waals surface area contributed by atoms with Crippen LogP contribution in [0.5, 0.6) is 0 Å². The Labute approximate surface area is 52.2 Å². The summed E-state index contributed by atoms with van der Waals surface area (Å²) in [6.45, 7) is 1.63. The fourth-order valence-electron chi connectivity index (χ4n) is 0.399. The molecule has 0 bridgehead atoms. The fraction of sp³-hybridized carbons (Fsp3) is 1.00. The molecule has 1 nitrogen and oxygen atoms in total. The first-order chi connectivity index (χ1) is 3.07. The van der Waals surface area contributed by atoms with Gasteiger partial charge in [-0.15, -0.1) is 23.2 Å². The first kappa shape index (κ1) is 5.67. The second kappa shape index (κ2) is 1.28. The second-order valence-corrected chi connectivity index (χ2v) is 2.97. The lowest BCUT2D eigenvalue weighted by molar-refractivity contribution is 0.174. The van der Waals surface area contributed by atoms with Gasteiger partial charge in [-0.05, 0) is 6.92 Å². The van der Waals surface area contributed by atoms with Crippen LogP contribution in [-0.2, 0) is 0 Å². The van der Waals surface area contributed by atoms with E-state index >= 15 is 0 Å². The van der Waals surface area contributed by atoms with Gasteiger partial charge in [0.15, 0.2) is 0 Å². The van der Waals surface area contributed by atoms with Gasteiger partial charge in [-0.2, -0.15) is 0 Å². The molecule has 3 heteroatoms.